The van der Waals surface area contributed by atoms with Crippen LogP contribution < -0.4 is 10.2 Å². The lowest BCUT2D eigenvalue weighted by molar-refractivity contribution is 0.0995. The Balaban J connectivity index is 1.55. The molecule has 1 aliphatic heterocycles. The first kappa shape index (κ1) is 14.4. The summed E-state index contributed by atoms with van der Waals surface area (Å²) in [5.41, 5.74) is 3.09. The van der Waals surface area contributed by atoms with Crippen molar-refractivity contribution in [3.05, 3.63) is 41.7 Å². The molecule has 7 nitrogen and oxygen atoms in total. The molecule has 2 aromatic heterocycles. The van der Waals surface area contributed by atoms with Crippen molar-refractivity contribution >= 4 is 28.8 Å². The van der Waals surface area contributed by atoms with Gasteiger partial charge in [-0.1, -0.05) is 31.0 Å². The minimum absolute atomic E-state index is 0.0581. The number of nitrogens with zero attached hydrogens (tertiary/aromatic N) is 4. The number of hydrogen-bond donors (Lipinski definition) is 2. The predicted molar refractivity (Wildman–Crippen MR) is 94.5 cm³/mol. The van der Waals surface area contributed by atoms with Crippen LogP contribution in [0.4, 0.5) is 11.8 Å². The van der Waals surface area contributed by atoms with Gasteiger partial charge in [0.2, 0.25) is 5.95 Å². The first-order chi connectivity index (χ1) is 12.3. The normalized spacial score (nSPS) is 17.4. The van der Waals surface area contributed by atoms with Crippen molar-refractivity contribution in [1.29, 1.82) is 0 Å². The van der Waals surface area contributed by atoms with Crippen LogP contribution in [0.5, 0.6) is 0 Å². The second-order valence-corrected chi connectivity index (χ2v) is 6.65. The summed E-state index contributed by atoms with van der Waals surface area (Å²) in [6.45, 7) is 0.494. The summed E-state index contributed by atoms with van der Waals surface area (Å²) in [6, 6.07) is 8.06. The van der Waals surface area contributed by atoms with Crippen LogP contribution in [0, 0.1) is 0 Å². The number of aromatic nitrogens is 4. The van der Waals surface area contributed by atoms with Crippen LogP contribution in [0.15, 0.2) is 30.6 Å². The molecule has 25 heavy (non-hydrogen) atoms. The third kappa shape index (κ3) is 2.34. The monoisotopic (exact) mass is 334 g/mol. The average molecular weight is 334 g/mol. The minimum atomic E-state index is -0.0581. The van der Waals surface area contributed by atoms with Gasteiger partial charge in [-0.2, -0.15) is 9.97 Å². The van der Waals surface area contributed by atoms with Crippen molar-refractivity contribution in [1.82, 2.24) is 19.9 Å². The summed E-state index contributed by atoms with van der Waals surface area (Å²) in [5.74, 6) is 1.08. The molecule has 0 radical (unpaired) electrons. The Hall–Kier alpha value is -2.96. The maximum atomic E-state index is 12.7. The molecule has 2 N–H and O–H groups in total. The Bertz CT molecular complexity index is 959. The van der Waals surface area contributed by atoms with Gasteiger partial charge >= 0.3 is 0 Å². The summed E-state index contributed by atoms with van der Waals surface area (Å²) in [7, 11) is 0. The van der Waals surface area contributed by atoms with Crippen molar-refractivity contribution in [2.45, 2.75) is 38.3 Å². The zero-order chi connectivity index (χ0) is 16.8. The molecular weight excluding hydrogens is 316 g/mol. The standard InChI is InChI=1S/C18H18N6O/c25-17-13-8-4-1-5-11(13)9-24(17)18-22-15-14(19-10-20-15)16(23-18)21-12-6-2-3-7-12/h1,4-5,8,10,12H,2-3,6-7,9H2,(H2,19,20,21,22,23). The highest BCUT2D eigenvalue weighted by Gasteiger charge is 2.31. The van der Waals surface area contributed by atoms with E-state index in [-0.39, 0.29) is 5.91 Å². The molecule has 7 heteroatoms. The summed E-state index contributed by atoms with van der Waals surface area (Å²) in [6.07, 6.45) is 6.37. The quantitative estimate of drug-likeness (QED) is 0.769. The van der Waals surface area contributed by atoms with Crippen molar-refractivity contribution in [2.24, 2.45) is 0 Å². The molecule has 1 saturated carbocycles. The van der Waals surface area contributed by atoms with Crippen LogP contribution >= 0.6 is 0 Å². The van der Waals surface area contributed by atoms with Crippen molar-refractivity contribution in [3.63, 3.8) is 0 Å². The lowest BCUT2D eigenvalue weighted by Crippen LogP contribution is -2.26. The van der Waals surface area contributed by atoms with Gasteiger partial charge < -0.3 is 10.3 Å². The fraction of sp³-hybridized carbons (Fsp3) is 0.333. The second kappa shape index (κ2) is 5.54. The Morgan fingerprint density at radius 2 is 2.00 bits per heavy atom. The molecule has 0 bridgehead atoms. The van der Waals surface area contributed by atoms with E-state index in [1.54, 1.807) is 11.2 Å². The minimum Gasteiger partial charge on any atom is -0.365 e. The smallest absolute Gasteiger partial charge is 0.261 e. The summed E-state index contributed by atoms with van der Waals surface area (Å²) >= 11 is 0. The third-order valence-electron chi connectivity index (χ3n) is 5.03. The maximum absolute atomic E-state index is 12.7. The molecule has 0 spiro atoms. The van der Waals surface area contributed by atoms with E-state index in [0.717, 1.165) is 35.3 Å². The fourth-order valence-electron chi connectivity index (χ4n) is 3.73. The van der Waals surface area contributed by atoms with E-state index in [2.05, 4.69) is 25.3 Å². The molecule has 126 valence electrons. The SMILES string of the molecule is O=C1c2ccccc2CN1c1nc(NC2CCCC2)c2[nH]cnc2n1. The number of anilines is 2. The first-order valence-electron chi connectivity index (χ1n) is 8.67. The van der Waals surface area contributed by atoms with E-state index in [1.807, 2.05) is 24.3 Å². The molecule has 0 saturated heterocycles. The van der Waals surface area contributed by atoms with Gasteiger partial charge in [0, 0.05) is 11.6 Å². The molecule has 5 rings (SSSR count). The summed E-state index contributed by atoms with van der Waals surface area (Å²) in [5, 5.41) is 3.51. The molecule has 1 amide bonds. The number of H-pyrrole nitrogens is 1. The molecule has 1 fully saturated rings. The van der Waals surface area contributed by atoms with Crippen LogP contribution in [0.2, 0.25) is 0 Å². The molecule has 3 heterocycles. The number of amides is 1. The van der Waals surface area contributed by atoms with E-state index in [4.69, 9.17) is 0 Å². The number of carbonyl (C=O) groups excluding carboxylic acids is 1. The lowest BCUT2D eigenvalue weighted by Gasteiger charge is -2.17. The van der Waals surface area contributed by atoms with Gasteiger partial charge in [0.15, 0.2) is 11.5 Å². The highest BCUT2D eigenvalue weighted by atomic mass is 16.2. The van der Waals surface area contributed by atoms with Crippen molar-refractivity contribution in [3.8, 4) is 0 Å². The number of fused-ring (bicyclic) bond motifs is 2. The maximum Gasteiger partial charge on any atom is 0.261 e. The summed E-state index contributed by atoms with van der Waals surface area (Å²) < 4.78 is 0. The number of hydrogen-bond acceptors (Lipinski definition) is 5. The second-order valence-electron chi connectivity index (χ2n) is 6.65. The Morgan fingerprint density at radius 1 is 1.16 bits per heavy atom. The Morgan fingerprint density at radius 3 is 2.84 bits per heavy atom. The van der Waals surface area contributed by atoms with Crippen LogP contribution in [-0.2, 0) is 6.54 Å². The van der Waals surface area contributed by atoms with Gasteiger partial charge in [-0.05, 0) is 24.5 Å². The first-order valence-corrected chi connectivity index (χ1v) is 8.67. The zero-order valence-electron chi connectivity index (χ0n) is 13.7. The lowest BCUT2D eigenvalue weighted by atomic mass is 10.1. The number of nitrogens with one attached hydrogen (secondary N) is 2. The number of aromatic amines is 1. The van der Waals surface area contributed by atoms with E-state index >= 15 is 0 Å². The molecule has 0 atom stereocenters. The van der Waals surface area contributed by atoms with E-state index < -0.39 is 0 Å². The topological polar surface area (TPSA) is 86.8 Å². The third-order valence-corrected chi connectivity index (χ3v) is 5.03. The van der Waals surface area contributed by atoms with E-state index in [0.29, 0.717) is 24.2 Å². The highest BCUT2D eigenvalue weighted by molar-refractivity contribution is 6.09. The summed E-state index contributed by atoms with van der Waals surface area (Å²) in [4.78, 5) is 30.9. The Kier molecular flexibility index (Phi) is 3.19. The molecule has 1 aromatic carbocycles. The largest absolute Gasteiger partial charge is 0.365 e. The van der Waals surface area contributed by atoms with Gasteiger partial charge in [-0.3, -0.25) is 9.69 Å². The molecule has 0 unspecified atom stereocenters. The molecular formula is C18H18N6O. The number of imidazole rings is 1. The van der Waals surface area contributed by atoms with Crippen LogP contribution in [0.1, 0.15) is 41.6 Å². The molecule has 3 aromatic rings. The van der Waals surface area contributed by atoms with Gasteiger partial charge in [-0.15, -0.1) is 0 Å². The van der Waals surface area contributed by atoms with Crippen molar-refractivity contribution in [2.75, 3.05) is 10.2 Å². The van der Waals surface area contributed by atoms with Gasteiger partial charge in [0.1, 0.15) is 5.52 Å². The van der Waals surface area contributed by atoms with Gasteiger partial charge in [-0.25, -0.2) is 4.98 Å². The van der Waals surface area contributed by atoms with E-state index in [1.165, 1.54) is 12.8 Å². The number of rotatable bonds is 3. The molecule has 2 aliphatic rings. The van der Waals surface area contributed by atoms with Crippen LogP contribution in [0.3, 0.4) is 0 Å². The van der Waals surface area contributed by atoms with Crippen LogP contribution in [-0.4, -0.2) is 31.9 Å². The van der Waals surface area contributed by atoms with Crippen molar-refractivity contribution < 1.29 is 4.79 Å². The zero-order valence-corrected chi connectivity index (χ0v) is 13.7. The van der Waals surface area contributed by atoms with E-state index in [9.17, 15) is 4.79 Å². The highest BCUT2D eigenvalue weighted by Crippen LogP contribution is 2.30. The molecule has 1 aliphatic carbocycles. The number of carbonyl (C=O) groups is 1. The fourth-order valence-corrected chi connectivity index (χ4v) is 3.73. The average Bonchev–Trinajstić information content (AvgIpc) is 3.35. The van der Waals surface area contributed by atoms with Gasteiger partial charge in [0.25, 0.3) is 5.91 Å². The Labute approximate surface area is 144 Å². The van der Waals surface area contributed by atoms with Crippen LogP contribution in [0.25, 0.3) is 11.2 Å². The van der Waals surface area contributed by atoms with Gasteiger partial charge in [0.05, 0.1) is 12.9 Å². The predicted octanol–water partition coefficient (Wildman–Crippen LogP) is 2.87. The number of benzene rings is 1.